The first-order chi connectivity index (χ1) is 14.5. The molecule has 1 aliphatic rings. The Kier molecular flexibility index (Phi) is 5.93. The third-order valence-electron chi connectivity index (χ3n) is 4.66. The number of amides is 2. The van der Waals surface area contributed by atoms with Crippen molar-refractivity contribution in [3.63, 3.8) is 0 Å². The van der Waals surface area contributed by atoms with Crippen LogP contribution in [0.5, 0.6) is 0 Å². The molecule has 0 spiro atoms. The molecule has 30 heavy (non-hydrogen) atoms. The lowest BCUT2D eigenvalue weighted by Gasteiger charge is -2.15. The highest BCUT2D eigenvalue weighted by molar-refractivity contribution is 8.04. The SMILES string of the molecule is Cc1ccc(NC2=C(Sc3ccc(Cl)cc3)C(=O)N(Cc3ccccc3)C2=O)cc1. The van der Waals surface area contributed by atoms with E-state index in [-0.39, 0.29) is 18.4 Å². The van der Waals surface area contributed by atoms with Gasteiger partial charge in [0.2, 0.25) is 0 Å². The zero-order chi connectivity index (χ0) is 21.1. The Bertz CT molecular complexity index is 1040. The molecule has 0 radical (unpaired) electrons. The fourth-order valence-electron chi connectivity index (χ4n) is 3.07. The maximum Gasteiger partial charge on any atom is 0.278 e. The van der Waals surface area contributed by atoms with Crippen molar-refractivity contribution in [3.05, 3.63) is 106 Å². The maximum atomic E-state index is 13.2. The summed E-state index contributed by atoms with van der Waals surface area (Å²) in [5.41, 5.74) is 3.06. The van der Waals surface area contributed by atoms with Crippen molar-refractivity contribution in [1.82, 2.24) is 4.90 Å². The minimum absolute atomic E-state index is 0.224. The van der Waals surface area contributed by atoms with Crippen LogP contribution in [0.1, 0.15) is 11.1 Å². The topological polar surface area (TPSA) is 49.4 Å². The van der Waals surface area contributed by atoms with Gasteiger partial charge < -0.3 is 5.32 Å². The summed E-state index contributed by atoms with van der Waals surface area (Å²) in [7, 11) is 0. The van der Waals surface area contributed by atoms with Crippen molar-refractivity contribution >= 4 is 40.9 Å². The van der Waals surface area contributed by atoms with Crippen LogP contribution in [0.3, 0.4) is 0 Å². The lowest BCUT2D eigenvalue weighted by atomic mass is 10.2. The van der Waals surface area contributed by atoms with E-state index in [0.29, 0.717) is 15.6 Å². The molecule has 0 saturated heterocycles. The van der Waals surface area contributed by atoms with Gasteiger partial charge in [-0.1, -0.05) is 71.4 Å². The van der Waals surface area contributed by atoms with Crippen LogP contribution in [0.25, 0.3) is 0 Å². The average Bonchev–Trinajstić information content (AvgIpc) is 2.96. The fraction of sp³-hybridized carbons (Fsp3) is 0.0833. The summed E-state index contributed by atoms with van der Waals surface area (Å²) in [6.45, 7) is 2.22. The number of benzene rings is 3. The molecular weight excluding hydrogens is 416 g/mol. The number of carbonyl (C=O) groups is 2. The Labute approximate surface area is 184 Å². The second kappa shape index (κ2) is 8.78. The highest BCUT2D eigenvalue weighted by Gasteiger charge is 2.39. The summed E-state index contributed by atoms with van der Waals surface area (Å²) < 4.78 is 0. The lowest BCUT2D eigenvalue weighted by Crippen LogP contribution is -2.31. The number of thioether (sulfide) groups is 1. The van der Waals surface area contributed by atoms with Gasteiger partial charge in [-0.2, -0.15) is 0 Å². The molecule has 1 N–H and O–H groups in total. The molecule has 3 aromatic rings. The van der Waals surface area contributed by atoms with E-state index in [1.165, 1.54) is 16.7 Å². The number of aryl methyl sites for hydroxylation is 1. The molecule has 4 nitrogen and oxygen atoms in total. The number of nitrogens with zero attached hydrogens (tertiary/aromatic N) is 1. The van der Waals surface area contributed by atoms with E-state index >= 15 is 0 Å². The van der Waals surface area contributed by atoms with E-state index < -0.39 is 0 Å². The zero-order valence-electron chi connectivity index (χ0n) is 16.3. The van der Waals surface area contributed by atoms with E-state index in [9.17, 15) is 9.59 Å². The van der Waals surface area contributed by atoms with Gasteiger partial charge in [0.05, 0.1) is 6.54 Å². The van der Waals surface area contributed by atoms with Crippen molar-refractivity contribution < 1.29 is 9.59 Å². The number of hydrogen-bond acceptors (Lipinski definition) is 4. The molecule has 150 valence electrons. The van der Waals surface area contributed by atoms with Crippen LogP contribution in [-0.4, -0.2) is 16.7 Å². The van der Waals surface area contributed by atoms with Gasteiger partial charge in [0.1, 0.15) is 10.6 Å². The summed E-state index contributed by atoms with van der Waals surface area (Å²) in [5, 5.41) is 3.78. The van der Waals surface area contributed by atoms with E-state index in [1.54, 1.807) is 12.1 Å². The quantitative estimate of drug-likeness (QED) is 0.510. The lowest BCUT2D eigenvalue weighted by molar-refractivity contribution is -0.137. The molecule has 6 heteroatoms. The molecule has 0 bridgehead atoms. The van der Waals surface area contributed by atoms with Crippen molar-refractivity contribution in [2.75, 3.05) is 5.32 Å². The molecule has 4 rings (SSSR count). The Hall–Kier alpha value is -3.02. The predicted molar refractivity (Wildman–Crippen MR) is 121 cm³/mol. The van der Waals surface area contributed by atoms with Crippen molar-refractivity contribution in [1.29, 1.82) is 0 Å². The molecule has 0 fully saturated rings. The largest absolute Gasteiger partial charge is 0.350 e. The van der Waals surface area contributed by atoms with Gasteiger partial charge in [-0.3, -0.25) is 14.5 Å². The molecule has 1 heterocycles. The Balaban J connectivity index is 1.67. The van der Waals surface area contributed by atoms with Crippen molar-refractivity contribution in [2.24, 2.45) is 0 Å². The summed E-state index contributed by atoms with van der Waals surface area (Å²) in [6, 6.07) is 24.4. The summed E-state index contributed by atoms with van der Waals surface area (Å²) in [4.78, 5) is 28.9. The van der Waals surface area contributed by atoms with Crippen LogP contribution in [0.2, 0.25) is 5.02 Å². The Morgan fingerprint density at radius 2 is 1.53 bits per heavy atom. The van der Waals surface area contributed by atoms with Crippen molar-refractivity contribution in [3.8, 4) is 0 Å². The van der Waals surface area contributed by atoms with Gasteiger partial charge >= 0.3 is 0 Å². The van der Waals surface area contributed by atoms with Crippen LogP contribution in [0.15, 0.2) is 94.4 Å². The highest BCUT2D eigenvalue weighted by Crippen LogP contribution is 2.36. The number of rotatable bonds is 6. The average molecular weight is 435 g/mol. The normalized spacial score (nSPS) is 13.9. The number of carbonyl (C=O) groups excluding carboxylic acids is 2. The van der Waals surface area contributed by atoms with E-state index in [4.69, 9.17) is 11.6 Å². The van der Waals surface area contributed by atoms with E-state index in [0.717, 1.165) is 21.7 Å². The predicted octanol–water partition coefficient (Wildman–Crippen LogP) is 5.63. The first kappa shape index (κ1) is 20.3. The van der Waals surface area contributed by atoms with E-state index in [1.807, 2.05) is 73.7 Å². The summed E-state index contributed by atoms with van der Waals surface area (Å²) in [5.74, 6) is -0.640. The summed E-state index contributed by atoms with van der Waals surface area (Å²) in [6.07, 6.45) is 0. The Morgan fingerprint density at radius 3 is 2.20 bits per heavy atom. The van der Waals surface area contributed by atoms with Gasteiger partial charge in [-0.15, -0.1) is 0 Å². The minimum Gasteiger partial charge on any atom is -0.350 e. The first-order valence-corrected chi connectivity index (χ1v) is 10.6. The number of anilines is 1. The molecule has 1 aliphatic heterocycles. The zero-order valence-corrected chi connectivity index (χ0v) is 17.8. The van der Waals surface area contributed by atoms with Crippen molar-refractivity contribution in [2.45, 2.75) is 18.4 Å². The highest BCUT2D eigenvalue weighted by atomic mass is 35.5. The number of halogens is 1. The number of imide groups is 1. The third kappa shape index (κ3) is 4.42. The smallest absolute Gasteiger partial charge is 0.278 e. The number of hydrogen-bond donors (Lipinski definition) is 1. The first-order valence-electron chi connectivity index (χ1n) is 9.43. The van der Waals surface area contributed by atoms with Gasteiger partial charge in [-0.05, 0) is 48.9 Å². The van der Waals surface area contributed by atoms with E-state index in [2.05, 4.69) is 5.32 Å². The third-order valence-corrected chi connectivity index (χ3v) is 6.01. The minimum atomic E-state index is -0.333. The van der Waals surface area contributed by atoms with Gasteiger partial charge in [0.15, 0.2) is 0 Å². The van der Waals surface area contributed by atoms with Gasteiger partial charge in [0, 0.05) is 15.6 Å². The second-order valence-electron chi connectivity index (χ2n) is 6.93. The number of nitrogens with one attached hydrogen (secondary N) is 1. The van der Waals surface area contributed by atoms with Crippen LogP contribution in [0, 0.1) is 6.92 Å². The molecule has 0 aliphatic carbocycles. The van der Waals surface area contributed by atoms with Crippen LogP contribution in [0.4, 0.5) is 5.69 Å². The molecular formula is C24H19ClN2O2S. The second-order valence-corrected chi connectivity index (χ2v) is 8.45. The Morgan fingerprint density at radius 1 is 0.867 bits per heavy atom. The fourth-order valence-corrected chi connectivity index (χ4v) is 4.14. The molecule has 0 aromatic heterocycles. The molecule has 2 amide bonds. The monoisotopic (exact) mass is 434 g/mol. The molecule has 0 saturated carbocycles. The molecule has 0 atom stereocenters. The van der Waals surface area contributed by atoms with Crippen LogP contribution < -0.4 is 5.32 Å². The van der Waals surface area contributed by atoms with Crippen LogP contribution in [-0.2, 0) is 16.1 Å². The van der Waals surface area contributed by atoms with Gasteiger partial charge in [-0.25, -0.2) is 0 Å². The summed E-state index contributed by atoms with van der Waals surface area (Å²) >= 11 is 7.24. The van der Waals surface area contributed by atoms with Gasteiger partial charge in [0.25, 0.3) is 11.8 Å². The molecule has 0 unspecified atom stereocenters. The maximum absolute atomic E-state index is 13.2. The molecule has 3 aromatic carbocycles. The van der Waals surface area contributed by atoms with Crippen LogP contribution >= 0.6 is 23.4 Å². The standard InChI is InChI=1S/C24H19ClN2O2S/c1-16-7-11-19(12-8-16)26-21-22(30-20-13-9-18(25)10-14-20)24(29)27(23(21)28)15-17-5-3-2-4-6-17/h2-14,26H,15H2,1H3.